The van der Waals surface area contributed by atoms with Crippen molar-refractivity contribution in [3.05, 3.63) is 83.3 Å². The number of rotatable bonds is 8. The molecule has 35 heavy (non-hydrogen) atoms. The molecule has 1 aliphatic rings. The molecule has 2 aromatic carbocycles. The molecule has 0 saturated carbocycles. The predicted molar refractivity (Wildman–Crippen MR) is 136 cm³/mol. The van der Waals surface area contributed by atoms with Crippen LogP contribution in [0.2, 0.25) is 0 Å². The second kappa shape index (κ2) is 9.98. The third-order valence-corrected chi connectivity index (χ3v) is 6.80. The van der Waals surface area contributed by atoms with E-state index in [1.165, 1.54) is 14.2 Å². The van der Waals surface area contributed by atoms with Crippen molar-refractivity contribution in [3.8, 4) is 5.75 Å². The molecule has 1 aromatic heterocycles. The van der Waals surface area contributed by atoms with E-state index in [-0.39, 0.29) is 12.3 Å². The number of fused-ring (bicyclic) bond motifs is 1. The number of hydrogen-bond donors (Lipinski definition) is 3. The summed E-state index contributed by atoms with van der Waals surface area (Å²) in [6.45, 7) is 3.76. The largest absolute Gasteiger partial charge is 0.497 e. The molecule has 1 heterocycles. The molecule has 184 valence electrons. The lowest BCUT2D eigenvalue weighted by atomic mass is 9.81. The second-order valence-electron chi connectivity index (χ2n) is 8.82. The van der Waals surface area contributed by atoms with E-state index in [4.69, 9.17) is 14.2 Å². The summed E-state index contributed by atoms with van der Waals surface area (Å²) in [7, 11) is 4.63. The number of hydrogen-bond acceptors (Lipinski definition) is 5. The number of nitrogens with one attached hydrogen (secondary N) is 2. The van der Waals surface area contributed by atoms with Crippen LogP contribution in [0.4, 0.5) is 0 Å². The molecule has 3 N–H and O–H groups in total. The van der Waals surface area contributed by atoms with Crippen molar-refractivity contribution in [3.63, 3.8) is 0 Å². The molecule has 7 nitrogen and oxygen atoms in total. The lowest BCUT2D eigenvalue weighted by molar-refractivity contribution is -0.146. The van der Waals surface area contributed by atoms with Gasteiger partial charge in [-0.3, -0.25) is 4.79 Å². The van der Waals surface area contributed by atoms with Gasteiger partial charge in [0.2, 0.25) is 5.60 Å². The molecule has 7 heteroatoms. The molecule has 0 fully saturated rings. The lowest BCUT2D eigenvalue weighted by Gasteiger charge is -2.37. The fourth-order valence-electron chi connectivity index (χ4n) is 4.82. The standard InChI is InChI=1S/C28H32N2O5/c1-17-14-20(19-10-12-21(33-3)13-11-19)15-28(35-5,25(17)34-4)27(32)30-26(31)18(2)23-16-29-24-9-7-6-8-22(23)24/h6-14,16,18,26,29,31H,15H2,1-5H3,(H,30,32)/t18?,26-,28?/m1/s1. The highest BCUT2D eigenvalue weighted by molar-refractivity contribution is 5.93. The summed E-state index contributed by atoms with van der Waals surface area (Å²) in [5.41, 5.74) is 3.11. The number of ether oxygens (including phenoxy) is 3. The van der Waals surface area contributed by atoms with Gasteiger partial charge >= 0.3 is 0 Å². The molecular weight excluding hydrogens is 444 g/mol. The Balaban J connectivity index is 1.62. The zero-order chi connectivity index (χ0) is 25.2. The summed E-state index contributed by atoms with van der Waals surface area (Å²) in [6.07, 6.45) is 2.97. The van der Waals surface area contributed by atoms with Crippen molar-refractivity contribution < 1.29 is 24.1 Å². The smallest absolute Gasteiger partial charge is 0.262 e. The van der Waals surface area contributed by atoms with Gasteiger partial charge in [0.25, 0.3) is 5.91 Å². The fourth-order valence-corrected chi connectivity index (χ4v) is 4.82. The average Bonchev–Trinajstić information content (AvgIpc) is 3.31. The minimum Gasteiger partial charge on any atom is -0.497 e. The van der Waals surface area contributed by atoms with Crippen LogP contribution >= 0.6 is 0 Å². The molecule has 0 aliphatic heterocycles. The van der Waals surface area contributed by atoms with Crippen molar-refractivity contribution in [2.24, 2.45) is 0 Å². The van der Waals surface area contributed by atoms with Gasteiger partial charge < -0.3 is 29.6 Å². The molecule has 1 amide bonds. The zero-order valence-electron chi connectivity index (χ0n) is 20.7. The molecule has 3 aromatic rings. The van der Waals surface area contributed by atoms with Crippen LogP contribution in [0.25, 0.3) is 16.5 Å². The quantitative estimate of drug-likeness (QED) is 0.416. The highest BCUT2D eigenvalue weighted by Gasteiger charge is 2.48. The summed E-state index contributed by atoms with van der Waals surface area (Å²) >= 11 is 0. The number of carbonyl (C=O) groups excluding carboxylic acids is 1. The molecule has 1 aliphatic carbocycles. The van der Waals surface area contributed by atoms with Gasteiger partial charge in [0.1, 0.15) is 17.7 Å². The van der Waals surface area contributed by atoms with Gasteiger partial charge in [-0.15, -0.1) is 0 Å². The van der Waals surface area contributed by atoms with Gasteiger partial charge in [-0.25, -0.2) is 0 Å². The van der Waals surface area contributed by atoms with E-state index in [9.17, 15) is 9.90 Å². The van der Waals surface area contributed by atoms with E-state index in [0.717, 1.165) is 38.9 Å². The van der Waals surface area contributed by atoms with Crippen molar-refractivity contribution in [2.75, 3.05) is 21.3 Å². The van der Waals surface area contributed by atoms with Gasteiger partial charge in [-0.2, -0.15) is 0 Å². The first-order valence-corrected chi connectivity index (χ1v) is 11.5. The number of aliphatic hydroxyl groups excluding tert-OH is 1. The number of H-pyrrole nitrogens is 1. The van der Waals surface area contributed by atoms with Crippen LogP contribution in [0.15, 0.2) is 72.1 Å². The van der Waals surface area contributed by atoms with Gasteiger partial charge in [0.05, 0.1) is 14.2 Å². The number of allylic oxidation sites excluding steroid dienone is 2. The van der Waals surface area contributed by atoms with Gasteiger partial charge in [-0.1, -0.05) is 43.3 Å². The highest BCUT2D eigenvalue weighted by Crippen LogP contribution is 2.41. The van der Waals surface area contributed by atoms with Crippen molar-refractivity contribution in [1.29, 1.82) is 0 Å². The lowest BCUT2D eigenvalue weighted by Crippen LogP contribution is -2.55. The third-order valence-electron chi connectivity index (χ3n) is 6.80. The monoisotopic (exact) mass is 476 g/mol. The Morgan fingerprint density at radius 3 is 2.46 bits per heavy atom. The maximum absolute atomic E-state index is 13.7. The zero-order valence-corrected chi connectivity index (χ0v) is 20.7. The number of aromatic amines is 1. The van der Waals surface area contributed by atoms with E-state index in [2.05, 4.69) is 10.3 Å². The van der Waals surface area contributed by atoms with Gasteiger partial charge in [0.15, 0.2) is 0 Å². The molecule has 0 saturated heterocycles. The van der Waals surface area contributed by atoms with E-state index >= 15 is 0 Å². The molecule has 0 radical (unpaired) electrons. The molecule has 2 unspecified atom stereocenters. The molecule has 0 bridgehead atoms. The van der Waals surface area contributed by atoms with Crippen LogP contribution in [0.1, 0.15) is 37.3 Å². The minimum absolute atomic E-state index is 0.246. The average molecular weight is 477 g/mol. The predicted octanol–water partition coefficient (Wildman–Crippen LogP) is 4.51. The number of para-hydroxylation sites is 1. The second-order valence-corrected chi connectivity index (χ2v) is 8.82. The summed E-state index contributed by atoms with van der Waals surface area (Å²) in [6, 6.07) is 15.5. The van der Waals surface area contributed by atoms with Crippen LogP contribution < -0.4 is 10.1 Å². The van der Waals surface area contributed by atoms with Crippen LogP contribution in [0.5, 0.6) is 5.75 Å². The Morgan fingerprint density at radius 2 is 1.80 bits per heavy atom. The molecular formula is C28H32N2O5. The first-order chi connectivity index (χ1) is 16.8. The van der Waals surface area contributed by atoms with Crippen LogP contribution in [0.3, 0.4) is 0 Å². The first kappa shape index (κ1) is 24.6. The highest BCUT2D eigenvalue weighted by atomic mass is 16.5. The van der Waals surface area contributed by atoms with Crippen molar-refractivity contribution >= 4 is 22.4 Å². The number of benzene rings is 2. The van der Waals surface area contributed by atoms with E-state index in [1.807, 2.05) is 74.7 Å². The third kappa shape index (κ3) is 4.45. The summed E-state index contributed by atoms with van der Waals surface area (Å²) in [5, 5.41) is 14.8. The summed E-state index contributed by atoms with van der Waals surface area (Å²) in [5.74, 6) is 0.344. The molecule has 3 atom stereocenters. The maximum atomic E-state index is 13.7. The van der Waals surface area contributed by atoms with Crippen LogP contribution in [-0.4, -0.2) is 49.2 Å². The van der Waals surface area contributed by atoms with E-state index in [0.29, 0.717) is 5.76 Å². The van der Waals surface area contributed by atoms with Crippen LogP contribution in [-0.2, 0) is 14.3 Å². The Kier molecular flexibility index (Phi) is 7.00. The van der Waals surface area contributed by atoms with Crippen molar-refractivity contribution in [2.45, 2.75) is 38.0 Å². The fraction of sp³-hybridized carbons (Fsp3) is 0.321. The SMILES string of the molecule is COC1=C(C)C=C(c2ccc(OC)cc2)CC1(OC)C(=O)N[C@H](O)C(C)c1c[nH]c2ccccc12. The first-order valence-electron chi connectivity index (χ1n) is 11.5. The van der Waals surface area contributed by atoms with Gasteiger partial charge in [-0.05, 0) is 47.4 Å². The van der Waals surface area contributed by atoms with E-state index < -0.39 is 17.7 Å². The number of aromatic nitrogens is 1. The van der Waals surface area contributed by atoms with E-state index in [1.54, 1.807) is 7.11 Å². The van der Waals surface area contributed by atoms with Gasteiger partial charge in [0, 0.05) is 36.5 Å². The number of methoxy groups -OCH3 is 3. The minimum atomic E-state index is -1.43. The Labute approximate surface area is 205 Å². The summed E-state index contributed by atoms with van der Waals surface area (Å²) < 4.78 is 16.8. The maximum Gasteiger partial charge on any atom is 0.262 e. The number of aliphatic hydroxyl groups is 1. The Hall–Kier alpha value is -3.55. The van der Waals surface area contributed by atoms with Crippen molar-refractivity contribution in [1.82, 2.24) is 10.3 Å². The number of carbonyl (C=O) groups is 1. The Morgan fingerprint density at radius 1 is 1.09 bits per heavy atom. The normalized spacial score (nSPS) is 19.8. The topological polar surface area (TPSA) is 92.8 Å². The Bertz CT molecular complexity index is 1270. The molecule has 0 spiro atoms. The van der Waals surface area contributed by atoms with Crippen LogP contribution in [0, 0.1) is 0 Å². The summed E-state index contributed by atoms with van der Waals surface area (Å²) in [4.78, 5) is 16.9. The number of amides is 1. The molecule has 4 rings (SSSR count).